The van der Waals surface area contributed by atoms with Gasteiger partial charge in [0, 0.05) is 6.54 Å². The Balaban J connectivity index is 2.60. The third-order valence-corrected chi connectivity index (χ3v) is 1.39. The fraction of sp³-hybridized carbons (Fsp3) is 0.667. The molecule has 0 unspecified atom stereocenters. The first-order valence-corrected chi connectivity index (χ1v) is 3.23. The summed E-state index contributed by atoms with van der Waals surface area (Å²) in [5.41, 5.74) is 0. The molecule has 0 N–H and O–H groups in total. The maximum Gasteiger partial charge on any atom is 0.302 e. The Morgan fingerprint density at radius 3 is 3.30 bits per heavy atom. The van der Waals surface area contributed by atoms with Crippen molar-refractivity contribution in [3.8, 4) is 6.19 Å². The molecule has 1 saturated heterocycles. The van der Waals surface area contributed by atoms with Crippen LogP contribution in [-0.4, -0.2) is 30.6 Å². The fourth-order valence-electron chi connectivity index (χ4n) is 0.873. The lowest BCUT2D eigenvalue weighted by atomic mass is 10.6. The summed E-state index contributed by atoms with van der Waals surface area (Å²) in [5, 5.41) is 8.20. The number of hydrogen-bond acceptors (Lipinski definition) is 3. The number of aliphatic imine (C=N–C) groups is 1. The van der Waals surface area contributed by atoms with Crippen LogP contribution in [-0.2, 0) is 4.74 Å². The highest BCUT2D eigenvalue weighted by Crippen LogP contribution is 2.01. The minimum absolute atomic E-state index is 0.463. The van der Waals surface area contributed by atoms with Crippen molar-refractivity contribution in [1.29, 1.82) is 5.26 Å². The molecule has 1 aliphatic heterocycles. The van der Waals surface area contributed by atoms with E-state index in [2.05, 4.69) is 4.99 Å². The Labute approximate surface area is 59.7 Å². The van der Waals surface area contributed by atoms with Gasteiger partial charge in [0.15, 0.2) is 0 Å². The Morgan fingerprint density at radius 2 is 2.70 bits per heavy atom. The normalized spacial score (nSPS) is 20.8. The SMILES string of the molecule is CCN1CCO/C1=N\C#N. The van der Waals surface area contributed by atoms with Crippen molar-refractivity contribution in [2.75, 3.05) is 19.7 Å². The van der Waals surface area contributed by atoms with Crippen LogP contribution in [0, 0.1) is 11.5 Å². The number of rotatable bonds is 1. The zero-order valence-corrected chi connectivity index (χ0v) is 5.87. The summed E-state index contributed by atoms with van der Waals surface area (Å²) < 4.78 is 5.05. The summed E-state index contributed by atoms with van der Waals surface area (Å²) in [4.78, 5) is 5.42. The molecule has 1 fully saturated rings. The first-order chi connectivity index (χ1) is 4.88. The van der Waals surface area contributed by atoms with Gasteiger partial charge in [-0.15, -0.1) is 4.99 Å². The van der Waals surface area contributed by atoms with E-state index in [1.165, 1.54) is 0 Å². The van der Waals surface area contributed by atoms with Crippen molar-refractivity contribution < 1.29 is 4.74 Å². The van der Waals surface area contributed by atoms with Crippen molar-refractivity contribution >= 4 is 6.02 Å². The molecular formula is C6H9N3O. The first-order valence-electron chi connectivity index (χ1n) is 3.23. The van der Waals surface area contributed by atoms with Crippen LogP contribution >= 0.6 is 0 Å². The predicted octanol–water partition coefficient (Wildman–Crippen LogP) is 0.176. The van der Waals surface area contributed by atoms with Gasteiger partial charge in [-0.3, -0.25) is 0 Å². The molecule has 0 radical (unpaired) electrons. The molecule has 0 saturated carbocycles. The van der Waals surface area contributed by atoms with E-state index >= 15 is 0 Å². The second-order valence-corrected chi connectivity index (χ2v) is 1.92. The van der Waals surface area contributed by atoms with E-state index in [1.54, 1.807) is 6.19 Å². The van der Waals surface area contributed by atoms with Crippen molar-refractivity contribution in [2.45, 2.75) is 6.92 Å². The summed E-state index contributed by atoms with van der Waals surface area (Å²) in [5.74, 6) is 0. The van der Waals surface area contributed by atoms with Gasteiger partial charge in [-0.25, -0.2) is 0 Å². The van der Waals surface area contributed by atoms with Crippen molar-refractivity contribution in [3.63, 3.8) is 0 Å². The molecule has 0 aromatic heterocycles. The Hall–Kier alpha value is -1.24. The zero-order chi connectivity index (χ0) is 7.40. The van der Waals surface area contributed by atoms with E-state index in [4.69, 9.17) is 10.00 Å². The molecule has 0 aliphatic carbocycles. The number of nitrogens with zero attached hydrogens (tertiary/aromatic N) is 3. The van der Waals surface area contributed by atoms with E-state index in [-0.39, 0.29) is 0 Å². The minimum atomic E-state index is 0.463. The Kier molecular flexibility index (Phi) is 2.11. The maximum atomic E-state index is 8.20. The quantitative estimate of drug-likeness (QED) is 0.487. The number of ether oxygens (including phenoxy) is 1. The van der Waals surface area contributed by atoms with Gasteiger partial charge in [-0.05, 0) is 6.92 Å². The number of hydrogen-bond donors (Lipinski definition) is 0. The standard InChI is InChI=1S/C6H9N3O/c1-2-9-3-4-10-6(9)8-5-7/h2-4H2,1H3/b8-6-. The molecule has 0 aromatic rings. The highest BCUT2D eigenvalue weighted by molar-refractivity contribution is 5.76. The smallest absolute Gasteiger partial charge is 0.302 e. The molecule has 1 aliphatic rings. The topological polar surface area (TPSA) is 48.6 Å². The lowest BCUT2D eigenvalue weighted by Gasteiger charge is -2.09. The van der Waals surface area contributed by atoms with E-state index in [0.717, 1.165) is 13.1 Å². The molecule has 4 nitrogen and oxygen atoms in total. The van der Waals surface area contributed by atoms with Crippen LogP contribution < -0.4 is 0 Å². The monoisotopic (exact) mass is 139 g/mol. The van der Waals surface area contributed by atoms with E-state index in [1.807, 2.05) is 11.8 Å². The summed E-state index contributed by atoms with van der Waals surface area (Å²) in [7, 11) is 0. The molecule has 0 aromatic carbocycles. The van der Waals surface area contributed by atoms with Crippen LogP contribution in [0.5, 0.6) is 0 Å². The average Bonchev–Trinajstić information content (AvgIpc) is 2.36. The number of likely N-dealkylation sites (N-methyl/N-ethyl adjacent to an activating group) is 1. The highest BCUT2D eigenvalue weighted by atomic mass is 16.5. The van der Waals surface area contributed by atoms with Crippen molar-refractivity contribution in [3.05, 3.63) is 0 Å². The molecule has 4 heteroatoms. The Bertz CT molecular complexity index is 182. The lowest BCUT2D eigenvalue weighted by Crippen LogP contribution is -2.24. The van der Waals surface area contributed by atoms with Crippen molar-refractivity contribution in [1.82, 2.24) is 4.90 Å². The number of amidine groups is 1. The summed E-state index contributed by atoms with van der Waals surface area (Å²) in [6.45, 7) is 4.34. The molecule has 1 rings (SSSR count). The third-order valence-electron chi connectivity index (χ3n) is 1.39. The molecule has 0 bridgehead atoms. The van der Waals surface area contributed by atoms with Gasteiger partial charge in [0.25, 0.3) is 0 Å². The van der Waals surface area contributed by atoms with Gasteiger partial charge in [0.05, 0.1) is 6.54 Å². The van der Waals surface area contributed by atoms with Crippen LogP contribution in [0.3, 0.4) is 0 Å². The third kappa shape index (κ3) is 1.18. The average molecular weight is 139 g/mol. The van der Waals surface area contributed by atoms with Crippen LogP contribution in [0.2, 0.25) is 0 Å². The summed E-state index contributed by atoms with van der Waals surface area (Å²) in [6.07, 6.45) is 1.70. The molecule has 54 valence electrons. The van der Waals surface area contributed by atoms with E-state index in [9.17, 15) is 0 Å². The predicted molar refractivity (Wildman–Crippen MR) is 36.2 cm³/mol. The highest BCUT2D eigenvalue weighted by Gasteiger charge is 2.17. The van der Waals surface area contributed by atoms with E-state index < -0.39 is 0 Å². The number of nitriles is 1. The molecule has 1 heterocycles. The van der Waals surface area contributed by atoms with Gasteiger partial charge in [0.1, 0.15) is 6.61 Å². The van der Waals surface area contributed by atoms with Crippen LogP contribution in [0.4, 0.5) is 0 Å². The molecule has 0 atom stereocenters. The summed E-state index contributed by atoms with van der Waals surface area (Å²) >= 11 is 0. The molecule has 0 spiro atoms. The van der Waals surface area contributed by atoms with Gasteiger partial charge >= 0.3 is 6.02 Å². The first kappa shape index (κ1) is 6.87. The zero-order valence-electron chi connectivity index (χ0n) is 5.87. The molecule has 10 heavy (non-hydrogen) atoms. The summed E-state index contributed by atoms with van der Waals surface area (Å²) in [6, 6.07) is 0.463. The largest absolute Gasteiger partial charge is 0.463 e. The van der Waals surface area contributed by atoms with Crippen LogP contribution in [0.15, 0.2) is 4.99 Å². The molecule has 0 amide bonds. The second-order valence-electron chi connectivity index (χ2n) is 1.92. The van der Waals surface area contributed by atoms with Gasteiger partial charge in [-0.1, -0.05) is 0 Å². The minimum Gasteiger partial charge on any atom is -0.463 e. The van der Waals surface area contributed by atoms with Crippen molar-refractivity contribution in [2.24, 2.45) is 4.99 Å². The lowest BCUT2D eigenvalue weighted by molar-refractivity contribution is 0.352. The maximum absolute atomic E-state index is 8.20. The van der Waals surface area contributed by atoms with Crippen LogP contribution in [0.25, 0.3) is 0 Å². The Morgan fingerprint density at radius 1 is 1.90 bits per heavy atom. The molecular weight excluding hydrogens is 130 g/mol. The fourth-order valence-corrected chi connectivity index (χ4v) is 0.873. The van der Waals surface area contributed by atoms with Gasteiger partial charge < -0.3 is 9.64 Å². The van der Waals surface area contributed by atoms with Gasteiger partial charge in [0.2, 0.25) is 6.19 Å². The van der Waals surface area contributed by atoms with Gasteiger partial charge in [-0.2, -0.15) is 5.26 Å². The second kappa shape index (κ2) is 3.06. The van der Waals surface area contributed by atoms with E-state index in [0.29, 0.717) is 12.6 Å². The van der Waals surface area contributed by atoms with Crippen LogP contribution in [0.1, 0.15) is 6.92 Å².